The minimum Gasteiger partial charge on any atom is -0.481 e. The Balaban J connectivity index is 1.54. The van der Waals surface area contributed by atoms with Gasteiger partial charge in [-0.15, -0.1) is 11.3 Å². The summed E-state index contributed by atoms with van der Waals surface area (Å²) in [5.41, 5.74) is 1.04. The Morgan fingerprint density at radius 2 is 2.00 bits per heavy atom. The van der Waals surface area contributed by atoms with Gasteiger partial charge in [0.2, 0.25) is 0 Å². The number of aromatic nitrogens is 1. The maximum absolute atomic E-state index is 12.6. The van der Waals surface area contributed by atoms with Crippen LogP contribution in [0.4, 0.5) is 4.79 Å². The molecule has 2 fully saturated rings. The van der Waals surface area contributed by atoms with Crippen LogP contribution in [-0.2, 0) is 14.9 Å². The number of amides is 2. The molecule has 150 valence electrons. The summed E-state index contributed by atoms with van der Waals surface area (Å²) in [6.07, 6.45) is 2.50. The first-order valence-corrected chi connectivity index (χ1v) is 10.5. The standard InChI is InChI=1S/C19H29N3O4S/c1-19(2,3)15-11-27-16(21-15)14-10-22(8-9-26-14)18(25)20-13-6-4-12(5-7-13)17(23)24/h11-14H,4-10H2,1-3H3,(H,20,25)(H,23,24). The molecule has 27 heavy (non-hydrogen) atoms. The molecule has 1 unspecified atom stereocenters. The van der Waals surface area contributed by atoms with Gasteiger partial charge >= 0.3 is 12.0 Å². The van der Waals surface area contributed by atoms with Crippen LogP contribution >= 0.6 is 11.3 Å². The number of carboxylic acids is 1. The topological polar surface area (TPSA) is 91.8 Å². The van der Waals surface area contributed by atoms with Gasteiger partial charge in [-0.05, 0) is 25.7 Å². The van der Waals surface area contributed by atoms with Crippen LogP contribution in [0, 0.1) is 5.92 Å². The van der Waals surface area contributed by atoms with E-state index in [0.717, 1.165) is 23.5 Å². The number of hydrogen-bond donors (Lipinski definition) is 2. The number of hydrogen-bond acceptors (Lipinski definition) is 5. The second-order valence-electron chi connectivity index (χ2n) is 8.46. The molecule has 1 aromatic heterocycles. The minimum absolute atomic E-state index is 0.00469. The molecule has 1 saturated heterocycles. The van der Waals surface area contributed by atoms with Crippen molar-refractivity contribution < 1.29 is 19.4 Å². The van der Waals surface area contributed by atoms with E-state index >= 15 is 0 Å². The summed E-state index contributed by atoms with van der Waals surface area (Å²) < 4.78 is 5.86. The Labute approximate surface area is 164 Å². The molecule has 0 radical (unpaired) electrons. The number of ether oxygens (including phenoxy) is 1. The maximum atomic E-state index is 12.6. The number of morpholine rings is 1. The number of urea groups is 1. The Morgan fingerprint density at radius 1 is 1.30 bits per heavy atom. The van der Waals surface area contributed by atoms with E-state index in [9.17, 15) is 9.59 Å². The van der Waals surface area contributed by atoms with Gasteiger partial charge in [0, 0.05) is 23.4 Å². The van der Waals surface area contributed by atoms with Crippen molar-refractivity contribution in [3.05, 3.63) is 16.1 Å². The van der Waals surface area contributed by atoms with Crippen molar-refractivity contribution in [1.29, 1.82) is 0 Å². The molecule has 8 heteroatoms. The molecule has 1 aliphatic carbocycles. The van der Waals surface area contributed by atoms with E-state index in [4.69, 9.17) is 14.8 Å². The number of rotatable bonds is 3. The largest absolute Gasteiger partial charge is 0.481 e. The Bertz CT molecular complexity index is 677. The highest BCUT2D eigenvalue weighted by Crippen LogP contribution is 2.30. The first kappa shape index (κ1) is 20.1. The van der Waals surface area contributed by atoms with Crippen LogP contribution in [0.2, 0.25) is 0 Å². The number of carboxylic acid groups (broad SMARTS) is 1. The average molecular weight is 396 g/mol. The molecule has 2 amide bonds. The summed E-state index contributed by atoms with van der Waals surface area (Å²) in [6, 6.07) is -0.0311. The lowest BCUT2D eigenvalue weighted by Gasteiger charge is -2.34. The molecule has 7 nitrogen and oxygen atoms in total. The fraction of sp³-hybridized carbons (Fsp3) is 0.737. The number of aliphatic carboxylic acids is 1. The van der Waals surface area contributed by atoms with Gasteiger partial charge in [-0.25, -0.2) is 9.78 Å². The number of nitrogens with zero attached hydrogens (tertiary/aromatic N) is 2. The SMILES string of the molecule is CC(C)(C)c1csc(C2CN(C(=O)NC3CCC(C(=O)O)CC3)CCO2)n1. The van der Waals surface area contributed by atoms with E-state index in [1.54, 1.807) is 16.2 Å². The third-order valence-electron chi connectivity index (χ3n) is 5.32. The second-order valence-corrected chi connectivity index (χ2v) is 9.35. The second kappa shape index (κ2) is 8.14. The molecular weight excluding hydrogens is 366 g/mol. The van der Waals surface area contributed by atoms with E-state index in [1.165, 1.54) is 0 Å². The summed E-state index contributed by atoms with van der Waals surface area (Å²) in [6.45, 7) is 7.94. The minimum atomic E-state index is -0.728. The van der Waals surface area contributed by atoms with Crippen LogP contribution in [-0.4, -0.2) is 52.7 Å². The molecule has 1 atom stereocenters. The van der Waals surface area contributed by atoms with Crippen molar-refractivity contribution >= 4 is 23.3 Å². The Hall–Kier alpha value is -1.67. The lowest BCUT2D eigenvalue weighted by atomic mass is 9.86. The van der Waals surface area contributed by atoms with Crippen molar-refractivity contribution in [2.75, 3.05) is 19.7 Å². The van der Waals surface area contributed by atoms with E-state index in [0.29, 0.717) is 32.5 Å². The summed E-state index contributed by atoms with van der Waals surface area (Å²) >= 11 is 1.59. The first-order chi connectivity index (χ1) is 12.7. The van der Waals surface area contributed by atoms with Gasteiger partial charge in [0.1, 0.15) is 11.1 Å². The Kier molecular flexibility index (Phi) is 6.05. The highest BCUT2D eigenvalue weighted by molar-refractivity contribution is 7.09. The molecule has 2 heterocycles. The quantitative estimate of drug-likeness (QED) is 0.820. The van der Waals surface area contributed by atoms with E-state index < -0.39 is 5.97 Å². The third-order valence-corrected chi connectivity index (χ3v) is 6.26. The molecule has 0 bridgehead atoms. The van der Waals surface area contributed by atoms with Crippen LogP contribution in [0.1, 0.15) is 63.3 Å². The monoisotopic (exact) mass is 395 g/mol. The zero-order valence-corrected chi connectivity index (χ0v) is 17.1. The van der Waals surface area contributed by atoms with Crippen molar-refractivity contribution in [3.63, 3.8) is 0 Å². The van der Waals surface area contributed by atoms with Crippen molar-refractivity contribution in [1.82, 2.24) is 15.2 Å². The van der Waals surface area contributed by atoms with E-state index in [1.807, 2.05) is 0 Å². The normalized spacial score (nSPS) is 26.6. The highest BCUT2D eigenvalue weighted by Gasteiger charge is 2.31. The predicted octanol–water partition coefficient (Wildman–Crippen LogP) is 3.17. The summed E-state index contributed by atoms with van der Waals surface area (Å²) in [7, 11) is 0. The molecular formula is C19H29N3O4S. The van der Waals surface area contributed by atoms with Crippen LogP contribution in [0.15, 0.2) is 5.38 Å². The van der Waals surface area contributed by atoms with Crippen molar-refractivity contribution in [2.24, 2.45) is 5.92 Å². The molecule has 2 N–H and O–H groups in total. The summed E-state index contributed by atoms with van der Waals surface area (Å²) in [5, 5.41) is 15.1. The molecule has 0 spiro atoms. The number of nitrogens with one attached hydrogen (secondary N) is 1. The van der Waals surface area contributed by atoms with Crippen LogP contribution in [0.25, 0.3) is 0 Å². The van der Waals surface area contributed by atoms with Gasteiger partial charge in [-0.2, -0.15) is 0 Å². The van der Waals surface area contributed by atoms with Crippen molar-refractivity contribution in [2.45, 2.75) is 64.0 Å². The zero-order chi connectivity index (χ0) is 19.6. The molecule has 0 aromatic carbocycles. The highest BCUT2D eigenvalue weighted by atomic mass is 32.1. The molecule has 3 rings (SSSR count). The van der Waals surface area contributed by atoms with Gasteiger partial charge in [-0.1, -0.05) is 20.8 Å². The summed E-state index contributed by atoms with van der Waals surface area (Å²) in [4.78, 5) is 30.2. The van der Waals surface area contributed by atoms with Gasteiger partial charge in [0.15, 0.2) is 0 Å². The fourth-order valence-corrected chi connectivity index (χ4v) is 4.60. The Morgan fingerprint density at radius 3 is 2.59 bits per heavy atom. The van der Waals surface area contributed by atoms with Gasteiger partial charge in [0.25, 0.3) is 0 Å². The van der Waals surface area contributed by atoms with Crippen LogP contribution in [0.5, 0.6) is 0 Å². The lowest BCUT2D eigenvalue weighted by molar-refractivity contribution is -0.142. The molecule has 2 aliphatic rings. The number of carbonyl (C=O) groups excluding carboxylic acids is 1. The number of carbonyl (C=O) groups is 2. The third kappa shape index (κ3) is 4.99. The smallest absolute Gasteiger partial charge is 0.317 e. The molecule has 1 aliphatic heterocycles. The molecule has 1 aromatic rings. The summed E-state index contributed by atoms with van der Waals surface area (Å²) in [5.74, 6) is -0.998. The van der Waals surface area contributed by atoms with Gasteiger partial charge < -0.3 is 20.1 Å². The van der Waals surface area contributed by atoms with Crippen molar-refractivity contribution in [3.8, 4) is 0 Å². The van der Waals surface area contributed by atoms with Gasteiger partial charge in [0.05, 0.1) is 24.8 Å². The van der Waals surface area contributed by atoms with E-state index in [-0.39, 0.29) is 29.5 Å². The first-order valence-electron chi connectivity index (χ1n) is 9.60. The van der Waals surface area contributed by atoms with E-state index in [2.05, 4.69) is 31.5 Å². The zero-order valence-electron chi connectivity index (χ0n) is 16.2. The maximum Gasteiger partial charge on any atom is 0.317 e. The van der Waals surface area contributed by atoms with Crippen LogP contribution in [0.3, 0.4) is 0 Å². The van der Waals surface area contributed by atoms with Crippen LogP contribution < -0.4 is 5.32 Å². The lowest BCUT2D eigenvalue weighted by Crippen LogP contribution is -2.50. The molecule has 1 saturated carbocycles. The average Bonchev–Trinajstić information content (AvgIpc) is 3.13. The van der Waals surface area contributed by atoms with Gasteiger partial charge in [-0.3, -0.25) is 4.79 Å². The number of thiazole rings is 1. The predicted molar refractivity (Wildman–Crippen MR) is 103 cm³/mol. The fourth-order valence-electron chi connectivity index (χ4n) is 3.51.